The molecule has 0 aromatic rings. The zero-order valence-electron chi connectivity index (χ0n) is 7.73. The van der Waals surface area contributed by atoms with E-state index in [0.29, 0.717) is 0 Å². The van der Waals surface area contributed by atoms with Crippen molar-refractivity contribution < 1.29 is 14.7 Å². The Bertz CT molecular complexity index is 243. The van der Waals surface area contributed by atoms with Crippen molar-refractivity contribution in [3.8, 4) is 0 Å². The highest BCUT2D eigenvalue weighted by Crippen LogP contribution is 1.87. The Labute approximate surface area is 77.2 Å². The van der Waals surface area contributed by atoms with Crippen LogP contribution in [0.25, 0.3) is 0 Å². The Morgan fingerprint density at radius 1 is 1.38 bits per heavy atom. The molecule has 0 atom stereocenters. The van der Waals surface area contributed by atoms with Gasteiger partial charge in [0.25, 0.3) is 0 Å². The van der Waals surface area contributed by atoms with Gasteiger partial charge in [-0.2, -0.15) is 0 Å². The minimum Gasteiger partial charge on any atom is -0.480 e. The van der Waals surface area contributed by atoms with Gasteiger partial charge in [-0.25, -0.2) is 0 Å². The molecule has 0 aromatic carbocycles. The summed E-state index contributed by atoms with van der Waals surface area (Å²) in [6.45, 7) is 1.55. The van der Waals surface area contributed by atoms with Gasteiger partial charge in [-0.3, -0.25) is 9.59 Å². The number of hydrogen-bond acceptors (Lipinski definition) is 2. The lowest BCUT2D eigenvalue weighted by Gasteiger charge is -2.10. The van der Waals surface area contributed by atoms with Gasteiger partial charge in [0.1, 0.15) is 6.54 Å². The average molecular weight is 183 g/mol. The van der Waals surface area contributed by atoms with E-state index in [0.717, 1.165) is 4.90 Å². The van der Waals surface area contributed by atoms with Crippen molar-refractivity contribution >= 4 is 11.9 Å². The first-order chi connectivity index (χ1) is 6.07. The van der Waals surface area contributed by atoms with Gasteiger partial charge in [0.05, 0.1) is 0 Å². The van der Waals surface area contributed by atoms with Crippen LogP contribution in [0.5, 0.6) is 0 Å². The molecule has 13 heavy (non-hydrogen) atoms. The number of nitrogens with zero attached hydrogens (tertiary/aromatic N) is 1. The summed E-state index contributed by atoms with van der Waals surface area (Å²) >= 11 is 0. The van der Waals surface area contributed by atoms with Crippen molar-refractivity contribution in [3.05, 3.63) is 24.3 Å². The van der Waals surface area contributed by atoms with E-state index in [1.165, 1.54) is 13.1 Å². The molecule has 1 N–H and O–H groups in total. The van der Waals surface area contributed by atoms with Crippen molar-refractivity contribution in [2.45, 2.75) is 6.92 Å². The molecular weight excluding hydrogens is 170 g/mol. The molecule has 0 saturated carbocycles. The lowest BCUT2D eigenvalue weighted by atomic mass is 10.4. The number of allylic oxidation sites excluding steroid dienone is 3. The molecule has 0 bridgehead atoms. The summed E-state index contributed by atoms with van der Waals surface area (Å²) < 4.78 is 0. The number of aliphatic carboxylic acids is 1. The van der Waals surface area contributed by atoms with Crippen molar-refractivity contribution in [2.75, 3.05) is 13.6 Å². The summed E-state index contributed by atoms with van der Waals surface area (Å²) in [4.78, 5) is 22.4. The number of hydrogen-bond donors (Lipinski definition) is 1. The molecule has 0 aliphatic heterocycles. The summed E-state index contributed by atoms with van der Waals surface area (Å²) in [5.74, 6) is -1.34. The molecule has 4 heteroatoms. The molecule has 0 aliphatic carbocycles. The average Bonchev–Trinajstić information content (AvgIpc) is 2.03. The predicted octanol–water partition coefficient (Wildman–Crippen LogP) is 0.662. The second-order valence-electron chi connectivity index (χ2n) is 2.47. The van der Waals surface area contributed by atoms with Crippen LogP contribution in [0.2, 0.25) is 0 Å². The first-order valence-corrected chi connectivity index (χ1v) is 3.84. The minimum absolute atomic E-state index is 0.279. The zero-order valence-corrected chi connectivity index (χ0v) is 7.73. The van der Waals surface area contributed by atoms with E-state index in [4.69, 9.17) is 5.11 Å². The van der Waals surface area contributed by atoms with E-state index in [2.05, 4.69) is 0 Å². The Hall–Kier alpha value is -1.58. The van der Waals surface area contributed by atoms with Crippen molar-refractivity contribution in [1.29, 1.82) is 0 Å². The second-order valence-corrected chi connectivity index (χ2v) is 2.47. The first kappa shape index (κ1) is 11.4. The van der Waals surface area contributed by atoms with Gasteiger partial charge in [-0.15, -0.1) is 0 Å². The molecule has 4 nitrogen and oxygen atoms in total. The largest absolute Gasteiger partial charge is 0.480 e. The maximum absolute atomic E-state index is 11.1. The van der Waals surface area contributed by atoms with E-state index in [-0.39, 0.29) is 12.5 Å². The molecule has 0 unspecified atom stereocenters. The summed E-state index contributed by atoms with van der Waals surface area (Å²) in [5.41, 5.74) is 0. The topological polar surface area (TPSA) is 57.6 Å². The Morgan fingerprint density at radius 2 is 2.00 bits per heavy atom. The Morgan fingerprint density at radius 3 is 2.46 bits per heavy atom. The van der Waals surface area contributed by atoms with Crippen LogP contribution in [0, 0.1) is 0 Å². The normalized spacial score (nSPS) is 10.9. The van der Waals surface area contributed by atoms with E-state index in [9.17, 15) is 9.59 Å². The summed E-state index contributed by atoms with van der Waals surface area (Å²) in [7, 11) is 1.44. The molecule has 1 amide bonds. The highest BCUT2D eigenvalue weighted by Gasteiger charge is 2.07. The molecule has 0 fully saturated rings. The maximum atomic E-state index is 11.1. The van der Waals surface area contributed by atoms with E-state index in [1.54, 1.807) is 18.2 Å². The predicted molar refractivity (Wildman–Crippen MR) is 49.2 cm³/mol. The first-order valence-electron chi connectivity index (χ1n) is 3.84. The van der Waals surface area contributed by atoms with Crippen LogP contribution in [-0.2, 0) is 9.59 Å². The number of likely N-dealkylation sites (N-methyl/N-ethyl adjacent to an activating group) is 1. The SMILES string of the molecule is C/C=C/C=C/C(=O)N(C)CC(=O)O. The van der Waals surface area contributed by atoms with Gasteiger partial charge in [-0.1, -0.05) is 18.2 Å². The van der Waals surface area contributed by atoms with Crippen molar-refractivity contribution in [1.82, 2.24) is 4.90 Å². The molecule has 0 aliphatic rings. The van der Waals surface area contributed by atoms with Crippen LogP contribution in [0.15, 0.2) is 24.3 Å². The van der Waals surface area contributed by atoms with E-state index in [1.807, 2.05) is 6.92 Å². The van der Waals surface area contributed by atoms with Crippen LogP contribution in [0.4, 0.5) is 0 Å². The molecule has 72 valence electrons. The number of carbonyl (C=O) groups excluding carboxylic acids is 1. The molecule has 0 aromatic heterocycles. The van der Waals surface area contributed by atoms with Crippen LogP contribution < -0.4 is 0 Å². The Balaban J connectivity index is 4.03. The quantitative estimate of drug-likeness (QED) is 0.514. The van der Waals surface area contributed by atoms with Gasteiger partial charge in [-0.05, 0) is 6.92 Å². The fourth-order valence-electron chi connectivity index (χ4n) is 0.657. The standard InChI is InChI=1S/C9H13NO3/c1-3-4-5-6-8(11)10(2)7-9(12)13/h3-6H,7H2,1-2H3,(H,12,13)/b4-3+,6-5+. The maximum Gasteiger partial charge on any atom is 0.323 e. The molecule has 0 heterocycles. The molecule has 0 spiro atoms. The number of amides is 1. The summed E-state index contributed by atoms with van der Waals surface area (Å²) in [5, 5.41) is 8.37. The van der Waals surface area contributed by atoms with Crippen LogP contribution in [0.1, 0.15) is 6.92 Å². The van der Waals surface area contributed by atoms with E-state index >= 15 is 0 Å². The number of carboxylic acid groups (broad SMARTS) is 1. The lowest BCUT2D eigenvalue weighted by molar-refractivity contribution is -0.141. The number of rotatable bonds is 4. The minimum atomic E-state index is -1.02. The van der Waals surface area contributed by atoms with Gasteiger partial charge >= 0.3 is 5.97 Å². The highest BCUT2D eigenvalue weighted by atomic mass is 16.4. The van der Waals surface area contributed by atoms with Crippen LogP contribution in [0.3, 0.4) is 0 Å². The third-order valence-corrected chi connectivity index (χ3v) is 1.29. The second kappa shape index (κ2) is 5.99. The lowest BCUT2D eigenvalue weighted by Crippen LogP contribution is -2.30. The van der Waals surface area contributed by atoms with Crippen molar-refractivity contribution in [2.24, 2.45) is 0 Å². The van der Waals surface area contributed by atoms with E-state index < -0.39 is 5.97 Å². The van der Waals surface area contributed by atoms with Crippen LogP contribution in [-0.4, -0.2) is 35.5 Å². The van der Waals surface area contributed by atoms with Gasteiger partial charge in [0.15, 0.2) is 0 Å². The molecule has 0 saturated heterocycles. The van der Waals surface area contributed by atoms with Gasteiger partial charge in [0.2, 0.25) is 5.91 Å². The third kappa shape index (κ3) is 5.66. The molecule has 0 radical (unpaired) electrons. The fraction of sp³-hybridized carbons (Fsp3) is 0.333. The summed E-state index contributed by atoms with van der Waals surface area (Å²) in [6, 6.07) is 0. The smallest absolute Gasteiger partial charge is 0.323 e. The monoisotopic (exact) mass is 183 g/mol. The highest BCUT2D eigenvalue weighted by molar-refractivity contribution is 5.89. The summed E-state index contributed by atoms with van der Waals surface area (Å²) in [6.07, 6.45) is 6.37. The van der Waals surface area contributed by atoms with Gasteiger partial charge in [0, 0.05) is 13.1 Å². The molecule has 0 rings (SSSR count). The number of carboxylic acids is 1. The molecular formula is C9H13NO3. The van der Waals surface area contributed by atoms with Gasteiger partial charge < -0.3 is 10.0 Å². The number of carbonyl (C=O) groups is 2. The van der Waals surface area contributed by atoms with Crippen molar-refractivity contribution in [3.63, 3.8) is 0 Å². The van der Waals surface area contributed by atoms with Crippen LogP contribution >= 0.6 is 0 Å². The zero-order chi connectivity index (χ0) is 10.3. The Kier molecular flexibility index (Phi) is 5.27. The third-order valence-electron chi connectivity index (χ3n) is 1.29. The fourth-order valence-corrected chi connectivity index (χ4v) is 0.657.